The zero-order chi connectivity index (χ0) is 13.0. The van der Waals surface area contributed by atoms with Gasteiger partial charge >= 0.3 is 0 Å². The van der Waals surface area contributed by atoms with Crippen molar-refractivity contribution in [1.82, 2.24) is 0 Å². The SMILES string of the molecule is CCOc1ccc(C(=O)c2ccc(O)cc2)cc1. The molecule has 0 atom stereocenters. The van der Waals surface area contributed by atoms with Gasteiger partial charge in [0.1, 0.15) is 11.5 Å². The number of ketones is 1. The fraction of sp³-hybridized carbons (Fsp3) is 0.133. The fourth-order valence-electron chi connectivity index (χ4n) is 1.65. The highest BCUT2D eigenvalue weighted by Gasteiger charge is 2.08. The molecule has 1 N–H and O–H groups in total. The summed E-state index contributed by atoms with van der Waals surface area (Å²) in [5.74, 6) is 0.830. The number of carbonyl (C=O) groups is 1. The molecule has 0 aliphatic heterocycles. The van der Waals surface area contributed by atoms with Crippen LogP contribution < -0.4 is 4.74 Å². The van der Waals surface area contributed by atoms with Gasteiger partial charge in [-0.3, -0.25) is 4.79 Å². The quantitative estimate of drug-likeness (QED) is 0.838. The molecule has 3 nitrogen and oxygen atoms in total. The Bertz CT molecular complexity index is 527. The molecule has 0 aliphatic rings. The van der Waals surface area contributed by atoms with Crippen LogP contribution in [0.4, 0.5) is 0 Å². The van der Waals surface area contributed by atoms with Crippen LogP contribution in [-0.2, 0) is 0 Å². The molecule has 0 spiro atoms. The Hall–Kier alpha value is -2.29. The molecule has 0 saturated heterocycles. The molecule has 0 fully saturated rings. The lowest BCUT2D eigenvalue weighted by Gasteiger charge is -2.04. The first-order chi connectivity index (χ1) is 8.70. The van der Waals surface area contributed by atoms with Crippen LogP contribution in [0, 0.1) is 0 Å². The Morgan fingerprint density at radius 2 is 1.50 bits per heavy atom. The molecule has 3 heteroatoms. The molecule has 2 rings (SSSR count). The van der Waals surface area contributed by atoms with Crippen LogP contribution in [0.2, 0.25) is 0 Å². The Kier molecular flexibility index (Phi) is 3.63. The van der Waals surface area contributed by atoms with Crippen LogP contribution in [0.3, 0.4) is 0 Å². The zero-order valence-corrected chi connectivity index (χ0v) is 10.1. The molecule has 18 heavy (non-hydrogen) atoms. The predicted octanol–water partition coefficient (Wildman–Crippen LogP) is 3.02. The number of carbonyl (C=O) groups excluding carboxylic acids is 1. The van der Waals surface area contributed by atoms with Crippen molar-refractivity contribution in [3.05, 3.63) is 59.7 Å². The first-order valence-electron chi connectivity index (χ1n) is 5.77. The third-order valence-corrected chi connectivity index (χ3v) is 2.56. The molecule has 0 bridgehead atoms. The van der Waals surface area contributed by atoms with E-state index in [9.17, 15) is 9.90 Å². The van der Waals surface area contributed by atoms with Gasteiger partial charge in [0.05, 0.1) is 6.61 Å². The highest BCUT2D eigenvalue weighted by molar-refractivity contribution is 6.09. The van der Waals surface area contributed by atoms with E-state index < -0.39 is 0 Å². The van der Waals surface area contributed by atoms with Crippen LogP contribution in [0.5, 0.6) is 11.5 Å². The maximum atomic E-state index is 12.1. The molecule has 0 radical (unpaired) electrons. The van der Waals surface area contributed by atoms with E-state index in [1.54, 1.807) is 36.4 Å². The van der Waals surface area contributed by atoms with Gasteiger partial charge in [-0.05, 0) is 55.5 Å². The lowest BCUT2D eigenvalue weighted by Crippen LogP contribution is -2.01. The lowest BCUT2D eigenvalue weighted by atomic mass is 10.0. The monoisotopic (exact) mass is 242 g/mol. The normalized spacial score (nSPS) is 10.1. The van der Waals surface area contributed by atoms with Crippen molar-refractivity contribution in [2.45, 2.75) is 6.92 Å². The maximum absolute atomic E-state index is 12.1. The number of phenolic OH excluding ortho intramolecular Hbond substituents is 1. The standard InChI is InChI=1S/C15H14O3/c1-2-18-14-9-5-12(6-10-14)15(17)11-3-7-13(16)8-4-11/h3-10,16H,2H2,1H3. The molecule has 0 aromatic heterocycles. The number of ether oxygens (including phenoxy) is 1. The molecular weight excluding hydrogens is 228 g/mol. The zero-order valence-electron chi connectivity index (χ0n) is 10.1. The number of phenols is 1. The summed E-state index contributed by atoms with van der Waals surface area (Å²) in [7, 11) is 0. The maximum Gasteiger partial charge on any atom is 0.193 e. The first kappa shape index (κ1) is 12.2. The highest BCUT2D eigenvalue weighted by Crippen LogP contribution is 2.17. The molecule has 2 aromatic carbocycles. The van der Waals surface area contributed by atoms with Crippen LogP contribution in [0.25, 0.3) is 0 Å². The number of rotatable bonds is 4. The van der Waals surface area contributed by atoms with Gasteiger partial charge in [0.15, 0.2) is 5.78 Å². The summed E-state index contributed by atoms with van der Waals surface area (Å²) in [6.07, 6.45) is 0. The number of hydrogen-bond donors (Lipinski definition) is 1. The Balaban J connectivity index is 2.20. The molecule has 0 unspecified atom stereocenters. The molecule has 0 heterocycles. The van der Waals surface area contributed by atoms with E-state index in [1.165, 1.54) is 12.1 Å². The smallest absolute Gasteiger partial charge is 0.193 e. The lowest BCUT2D eigenvalue weighted by molar-refractivity contribution is 0.103. The summed E-state index contributed by atoms with van der Waals surface area (Å²) in [6.45, 7) is 2.51. The minimum atomic E-state index is -0.0713. The van der Waals surface area contributed by atoms with Gasteiger partial charge in [0.25, 0.3) is 0 Å². The highest BCUT2D eigenvalue weighted by atomic mass is 16.5. The van der Waals surface area contributed by atoms with Crippen molar-refractivity contribution in [3.8, 4) is 11.5 Å². The van der Waals surface area contributed by atoms with Gasteiger partial charge in [0.2, 0.25) is 0 Å². The number of aromatic hydroxyl groups is 1. The summed E-state index contributed by atoms with van der Waals surface area (Å²) in [5, 5.41) is 9.18. The molecule has 0 aliphatic carbocycles. The van der Waals surface area contributed by atoms with Gasteiger partial charge in [0, 0.05) is 11.1 Å². The largest absolute Gasteiger partial charge is 0.508 e. The topological polar surface area (TPSA) is 46.5 Å². The van der Waals surface area contributed by atoms with E-state index in [2.05, 4.69) is 0 Å². The minimum absolute atomic E-state index is 0.0713. The molecule has 0 saturated carbocycles. The second kappa shape index (κ2) is 5.36. The van der Waals surface area contributed by atoms with E-state index in [0.717, 1.165) is 5.75 Å². The van der Waals surface area contributed by atoms with Crippen LogP contribution in [0.15, 0.2) is 48.5 Å². The Labute approximate surface area is 106 Å². The van der Waals surface area contributed by atoms with Gasteiger partial charge in [-0.15, -0.1) is 0 Å². The van der Waals surface area contributed by atoms with E-state index in [-0.39, 0.29) is 11.5 Å². The fourth-order valence-corrected chi connectivity index (χ4v) is 1.65. The second-order valence-electron chi connectivity index (χ2n) is 3.83. The summed E-state index contributed by atoms with van der Waals surface area (Å²) in [4.78, 5) is 12.1. The third kappa shape index (κ3) is 2.69. The predicted molar refractivity (Wildman–Crippen MR) is 69.2 cm³/mol. The number of hydrogen-bond acceptors (Lipinski definition) is 3. The number of benzene rings is 2. The van der Waals surface area contributed by atoms with Gasteiger partial charge in [-0.1, -0.05) is 0 Å². The summed E-state index contributed by atoms with van der Waals surface area (Å²) < 4.78 is 5.32. The minimum Gasteiger partial charge on any atom is -0.508 e. The Morgan fingerprint density at radius 1 is 1.00 bits per heavy atom. The van der Waals surface area contributed by atoms with Crippen molar-refractivity contribution in [2.24, 2.45) is 0 Å². The van der Waals surface area contributed by atoms with Crippen molar-refractivity contribution >= 4 is 5.78 Å². The summed E-state index contributed by atoms with van der Waals surface area (Å²) in [6, 6.07) is 13.2. The van der Waals surface area contributed by atoms with Crippen LogP contribution in [0.1, 0.15) is 22.8 Å². The molecular formula is C15H14O3. The van der Waals surface area contributed by atoms with E-state index in [4.69, 9.17) is 4.74 Å². The van der Waals surface area contributed by atoms with Crippen molar-refractivity contribution in [3.63, 3.8) is 0 Å². The van der Waals surface area contributed by atoms with E-state index >= 15 is 0 Å². The first-order valence-corrected chi connectivity index (χ1v) is 5.77. The molecule has 0 amide bonds. The molecule has 2 aromatic rings. The summed E-state index contributed by atoms with van der Waals surface area (Å²) >= 11 is 0. The van der Waals surface area contributed by atoms with Crippen molar-refractivity contribution in [2.75, 3.05) is 6.61 Å². The van der Waals surface area contributed by atoms with E-state index in [1.807, 2.05) is 6.92 Å². The summed E-state index contributed by atoms with van der Waals surface area (Å²) in [5.41, 5.74) is 1.15. The average Bonchev–Trinajstić information content (AvgIpc) is 2.40. The van der Waals surface area contributed by atoms with Crippen molar-refractivity contribution < 1.29 is 14.6 Å². The van der Waals surface area contributed by atoms with E-state index in [0.29, 0.717) is 17.7 Å². The Morgan fingerprint density at radius 3 is 2.00 bits per heavy atom. The average molecular weight is 242 g/mol. The third-order valence-electron chi connectivity index (χ3n) is 2.56. The molecule has 92 valence electrons. The van der Waals surface area contributed by atoms with Gasteiger partial charge in [-0.25, -0.2) is 0 Å². The van der Waals surface area contributed by atoms with Crippen molar-refractivity contribution in [1.29, 1.82) is 0 Å². The van der Waals surface area contributed by atoms with Crippen LogP contribution >= 0.6 is 0 Å². The van der Waals surface area contributed by atoms with Gasteiger partial charge in [-0.2, -0.15) is 0 Å². The van der Waals surface area contributed by atoms with Gasteiger partial charge < -0.3 is 9.84 Å². The van der Waals surface area contributed by atoms with Crippen LogP contribution in [-0.4, -0.2) is 17.5 Å². The second-order valence-corrected chi connectivity index (χ2v) is 3.83.